The molecule has 0 saturated carbocycles. The van der Waals surface area contributed by atoms with Gasteiger partial charge in [0.05, 0.1) is 12.2 Å². The van der Waals surface area contributed by atoms with Crippen molar-refractivity contribution in [1.82, 2.24) is 19.7 Å². The second-order valence-corrected chi connectivity index (χ2v) is 5.82. The molecule has 5 nitrogen and oxygen atoms in total. The zero-order chi connectivity index (χ0) is 16.7. The Bertz CT molecular complexity index is 903. The Kier molecular flexibility index (Phi) is 3.37. The molecular weight excluding hydrogens is 307 g/mol. The molecule has 1 amide bonds. The lowest BCUT2D eigenvalue weighted by atomic mass is 9.99. The topological polar surface area (TPSA) is 51.0 Å². The molecule has 0 unspecified atom stereocenters. The van der Waals surface area contributed by atoms with Crippen LogP contribution in [-0.2, 0) is 17.9 Å². The van der Waals surface area contributed by atoms with Gasteiger partial charge in [-0.25, -0.2) is 4.39 Å². The van der Waals surface area contributed by atoms with Crippen molar-refractivity contribution in [1.29, 1.82) is 0 Å². The average molecular weight is 322 g/mol. The highest BCUT2D eigenvalue weighted by Gasteiger charge is 2.27. The molecule has 4 rings (SSSR count). The quantitative estimate of drug-likeness (QED) is 0.729. The summed E-state index contributed by atoms with van der Waals surface area (Å²) in [5, 5.41) is 4.64. The summed E-state index contributed by atoms with van der Waals surface area (Å²) in [6.07, 6.45) is 3.46. The van der Waals surface area contributed by atoms with Crippen LogP contribution in [0.15, 0.2) is 48.8 Å². The fourth-order valence-electron chi connectivity index (χ4n) is 2.98. The van der Waals surface area contributed by atoms with E-state index in [0.29, 0.717) is 6.54 Å². The number of nitrogens with zero attached hydrogens (tertiary/aromatic N) is 4. The lowest BCUT2D eigenvalue weighted by molar-refractivity contribution is -0.132. The van der Waals surface area contributed by atoms with Gasteiger partial charge in [-0.1, -0.05) is 0 Å². The van der Waals surface area contributed by atoms with Gasteiger partial charge in [-0.05, 0) is 42.0 Å². The van der Waals surface area contributed by atoms with E-state index in [9.17, 15) is 9.18 Å². The molecule has 0 spiro atoms. The van der Waals surface area contributed by atoms with Gasteiger partial charge in [0.2, 0.25) is 5.91 Å². The Balaban J connectivity index is 1.95. The number of carbonyl (C=O) groups is 1. The monoisotopic (exact) mass is 322 g/mol. The number of rotatable bonds is 2. The maximum absolute atomic E-state index is 13.3. The van der Waals surface area contributed by atoms with Crippen LogP contribution >= 0.6 is 0 Å². The summed E-state index contributed by atoms with van der Waals surface area (Å²) < 4.78 is 15.0. The van der Waals surface area contributed by atoms with Gasteiger partial charge in [0.25, 0.3) is 0 Å². The minimum atomic E-state index is -0.289. The smallest absolute Gasteiger partial charge is 0.244 e. The maximum atomic E-state index is 13.3. The molecule has 0 N–H and O–H groups in total. The van der Waals surface area contributed by atoms with Crippen molar-refractivity contribution in [3.63, 3.8) is 0 Å². The summed E-state index contributed by atoms with van der Waals surface area (Å²) in [4.78, 5) is 17.8. The normalized spacial score (nSPS) is 13.9. The predicted molar refractivity (Wildman–Crippen MR) is 87.3 cm³/mol. The van der Waals surface area contributed by atoms with Crippen LogP contribution in [0.1, 0.15) is 5.69 Å². The molecule has 0 saturated heterocycles. The van der Waals surface area contributed by atoms with Crippen molar-refractivity contribution in [2.24, 2.45) is 0 Å². The van der Waals surface area contributed by atoms with Gasteiger partial charge in [-0.2, -0.15) is 5.10 Å². The molecule has 120 valence electrons. The summed E-state index contributed by atoms with van der Waals surface area (Å²) in [5.74, 6) is -0.264. The van der Waals surface area contributed by atoms with Crippen LogP contribution < -0.4 is 0 Å². The molecule has 0 fully saturated rings. The number of aromatic nitrogens is 3. The zero-order valence-corrected chi connectivity index (χ0v) is 13.1. The lowest BCUT2D eigenvalue weighted by Gasteiger charge is -2.24. The Hall–Kier alpha value is -3.02. The van der Waals surface area contributed by atoms with Crippen molar-refractivity contribution in [2.45, 2.75) is 13.1 Å². The first-order chi connectivity index (χ1) is 11.6. The number of likely N-dealkylation sites (N-methyl/N-ethyl adjacent to an activating group) is 1. The SMILES string of the molecule is CN1Cc2c(-c3ccncc3)c(-c3ccc(F)cc3)nn2CC1=O. The summed E-state index contributed by atoms with van der Waals surface area (Å²) in [5.41, 5.74) is 4.49. The Morgan fingerprint density at radius 1 is 1.00 bits per heavy atom. The Morgan fingerprint density at radius 3 is 2.42 bits per heavy atom. The van der Waals surface area contributed by atoms with Crippen molar-refractivity contribution in [2.75, 3.05) is 7.05 Å². The zero-order valence-electron chi connectivity index (χ0n) is 13.1. The number of fused-ring (bicyclic) bond motifs is 1. The Morgan fingerprint density at radius 2 is 1.71 bits per heavy atom. The summed E-state index contributed by atoms with van der Waals surface area (Å²) in [6, 6.07) is 10.1. The number of carbonyl (C=O) groups excluding carboxylic acids is 1. The van der Waals surface area contributed by atoms with Crippen LogP contribution in [0.3, 0.4) is 0 Å². The molecule has 0 atom stereocenters. The van der Waals surface area contributed by atoms with Crippen molar-refractivity contribution in [3.05, 3.63) is 60.3 Å². The summed E-state index contributed by atoms with van der Waals surface area (Å²) >= 11 is 0. The molecule has 1 aromatic carbocycles. The second kappa shape index (κ2) is 5.56. The third-order valence-corrected chi connectivity index (χ3v) is 4.24. The third kappa shape index (κ3) is 2.36. The standard InChI is InChI=1S/C18H15FN4O/c1-22-10-15-17(12-6-8-20-9-7-12)18(21-23(15)11-16(22)24)13-2-4-14(19)5-3-13/h2-9H,10-11H2,1H3. The van der Waals surface area contributed by atoms with Crippen molar-refractivity contribution in [3.8, 4) is 22.4 Å². The van der Waals surface area contributed by atoms with Crippen LogP contribution in [0.25, 0.3) is 22.4 Å². The predicted octanol–water partition coefficient (Wildman–Crippen LogP) is 2.72. The van der Waals surface area contributed by atoms with Crippen LogP contribution in [0.5, 0.6) is 0 Å². The van der Waals surface area contributed by atoms with E-state index < -0.39 is 0 Å². The number of hydrogen-bond acceptors (Lipinski definition) is 3. The molecular formula is C18H15FN4O. The van der Waals surface area contributed by atoms with Gasteiger partial charge in [-0.15, -0.1) is 0 Å². The van der Waals surface area contributed by atoms with Crippen LogP contribution in [0.4, 0.5) is 4.39 Å². The van der Waals surface area contributed by atoms with Gasteiger partial charge in [0.15, 0.2) is 0 Å². The maximum Gasteiger partial charge on any atom is 0.244 e. The molecule has 24 heavy (non-hydrogen) atoms. The number of benzene rings is 1. The van der Waals surface area contributed by atoms with Crippen molar-refractivity contribution >= 4 is 5.91 Å². The molecule has 1 aliphatic rings. The highest BCUT2D eigenvalue weighted by Crippen LogP contribution is 2.36. The molecule has 1 aliphatic heterocycles. The molecule has 3 aromatic rings. The molecule has 0 radical (unpaired) electrons. The first kappa shape index (κ1) is 14.6. The first-order valence-corrected chi connectivity index (χ1v) is 7.63. The van der Waals surface area contributed by atoms with Crippen LogP contribution in [0.2, 0.25) is 0 Å². The first-order valence-electron chi connectivity index (χ1n) is 7.63. The van der Waals surface area contributed by atoms with E-state index in [1.54, 1.807) is 41.2 Å². The average Bonchev–Trinajstić information content (AvgIpc) is 2.95. The van der Waals surface area contributed by atoms with Crippen molar-refractivity contribution < 1.29 is 9.18 Å². The number of halogens is 1. The van der Waals surface area contributed by atoms with Crippen LogP contribution in [0, 0.1) is 5.82 Å². The van der Waals surface area contributed by atoms with E-state index in [1.807, 2.05) is 12.1 Å². The summed E-state index contributed by atoms with van der Waals surface area (Å²) in [7, 11) is 1.78. The number of hydrogen-bond donors (Lipinski definition) is 0. The fraction of sp³-hybridized carbons (Fsp3) is 0.167. The second-order valence-electron chi connectivity index (χ2n) is 5.82. The van der Waals surface area contributed by atoms with E-state index in [-0.39, 0.29) is 18.3 Å². The van der Waals surface area contributed by atoms with E-state index in [2.05, 4.69) is 10.1 Å². The minimum absolute atomic E-state index is 0.0249. The van der Waals surface area contributed by atoms with Crippen LogP contribution in [-0.4, -0.2) is 32.6 Å². The molecule has 3 heterocycles. The van der Waals surface area contributed by atoms with E-state index in [1.165, 1.54) is 12.1 Å². The van der Waals surface area contributed by atoms with Gasteiger partial charge in [0.1, 0.15) is 18.1 Å². The lowest BCUT2D eigenvalue weighted by Crippen LogP contribution is -2.36. The molecule has 2 aromatic heterocycles. The molecule has 6 heteroatoms. The summed E-state index contributed by atoms with van der Waals surface area (Å²) in [6.45, 7) is 0.704. The third-order valence-electron chi connectivity index (χ3n) is 4.24. The van der Waals surface area contributed by atoms with Gasteiger partial charge in [-0.3, -0.25) is 14.5 Å². The highest BCUT2D eigenvalue weighted by atomic mass is 19.1. The van der Waals surface area contributed by atoms with E-state index in [0.717, 1.165) is 28.1 Å². The fourth-order valence-corrected chi connectivity index (χ4v) is 2.98. The molecule has 0 aliphatic carbocycles. The Labute approximate surface area is 138 Å². The van der Waals surface area contributed by atoms with Gasteiger partial charge < -0.3 is 4.90 Å². The van der Waals surface area contributed by atoms with Gasteiger partial charge >= 0.3 is 0 Å². The minimum Gasteiger partial charge on any atom is -0.338 e. The molecule has 0 bridgehead atoms. The number of pyridine rings is 1. The van der Waals surface area contributed by atoms with Gasteiger partial charge in [0, 0.05) is 30.6 Å². The largest absolute Gasteiger partial charge is 0.338 e. The number of amides is 1. The van der Waals surface area contributed by atoms with E-state index >= 15 is 0 Å². The van der Waals surface area contributed by atoms with E-state index in [4.69, 9.17) is 0 Å². The highest BCUT2D eigenvalue weighted by molar-refractivity contribution is 5.85.